The topological polar surface area (TPSA) is 237 Å². The molecule has 0 saturated heterocycles. The number of phosphoric acid groups is 2. The number of aliphatic hydroxyl groups is 1. The molecule has 0 heterocycles. The fourth-order valence-electron chi connectivity index (χ4n) is 11.4. The molecular formula is C74H144O17P2. The SMILES string of the molecule is CCCCCCCCCCCCCCCCCCCCCC(=O)O[C@H](COC(=O)CCCCCCCCCCCCCCCCC)COP(=O)(O)OC[C@@H](O)COP(=O)(O)OC[C@@H](COC(=O)CCCCCCCCC)OC(=O)CCCCCCCCCCCCCC. The third-order valence-corrected chi connectivity index (χ3v) is 19.3. The van der Waals surface area contributed by atoms with Crippen molar-refractivity contribution in [1.29, 1.82) is 0 Å². The maximum atomic E-state index is 13.1. The number of ether oxygens (including phenoxy) is 4. The van der Waals surface area contributed by atoms with E-state index in [1.54, 1.807) is 0 Å². The van der Waals surface area contributed by atoms with Crippen molar-refractivity contribution in [3.8, 4) is 0 Å². The number of aliphatic hydroxyl groups excluding tert-OH is 1. The van der Waals surface area contributed by atoms with Gasteiger partial charge in [-0.05, 0) is 25.7 Å². The zero-order valence-electron chi connectivity index (χ0n) is 60.2. The first-order valence-corrected chi connectivity index (χ1v) is 41.8. The molecule has 0 aromatic heterocycles. The molecule has 17 nitrogen and oxygen atoms in total. The number of hydrogen-bond donors (Lipinski definition) is 3. The van der Waals surface area contributed by atoms with Gasteiger partial charge in [0.05, 0.1) is 26.4 Å². The number of carbonyl (C=O) groups is 4. The van der Waals surface area contributed by atoms with Crippen molar-refractivity contribution >= 4 is 39.5 Å². The van der Waals surface area contributed by atoms with Gasteiger partial charge in [-0.1, -0.05) is 342 Å². The molecule has 0 aromatic carbocycles. The third kappa shape index (κ3) is 68.4. The van der Waals surface area contributed by atoms with Crippen LogP contribution in [0.25, 0.3) is 0 Å². The highest BCUT2D eigenvalue weighted by atomic mass is 31.2. The van der Waals surface area contributed by atoms with E-state index in [1.807, 2.05) is 0 Å². The zero-order chi connectivity index (χ0) is 68.2. The van der Waals surface area contributed by atoms with Gasteiger partial charge in [0, 0.05) is 25.7 Å². The fourth-order valence-corrected chi connectivity index (χ4v) is 13.0. The van der Waals surface area contributed by atoms with Crippen LogP contribution >= 0.6 is 15.6 Å². The number of carbonyl (C=O) groups excluding carboxylic acids is 4. The molecule has 0 saturated carbocycles. The summed E-state index contributed by atoms with van der Waals surface area (Å²) >= 11 is 0. The second-order valence-electron chi connectivity index (χ2n) is 26.7. The smallest absolute Gasteiger partial charge is 0.462 e. The Morgan fingerprint density at radius 3 is 0.634 bits per heavy atom. The van der Waals surface area contributed by atoms with Crippen LogP contribution < -0.4 is 0 Å². The van der Waals surface area contributed by atoms with E-state index < -0.39 is 97.5 Å². The molecule has 0 aliphatic rings. The second-order valence-corrected chi connectivity index (χ2v) is 29.6. The Labute approximate surface area is 568 Å². The Balaban J connectivity index is 5.18. The van der Waals surface area contributed by atoms with Gasteiger partial charge in [-0.15, -0.1) is 0 Å². The Morgan fingerprint density at radius 1 is 0.258 bits per heavy atom. The molecule has 2 unspecified atom stereocenters. The summed E-state index contributed by atoms with van der Waals surface area (Å²) in [7, 11) is -9.90. The highest BCUT2D eigenvalue weighted by molar-refractivity contribution is 7.47. The molecular weight excluding hydrogens is 1220 g/mol. The lowest BCUT2D eigenvalue weighted by molar-refractivity contribution is -0.161. The average molecular weight is 1370 g/mol. The van der Waals surface area contributed by atoms with Gasteiger partial charge in [-0.3, -0.25) is 37.3 Å². The van der Waals surface area contributed by atoms with Crippen LogP contribution in [0.2, 0.25) is 0 Å². The summed E-state index contributed by atoms with van der Waals surface area (Å²) in [6.45, 7) is 4.94. The van der Waals surface area contributed by atoms with E-state index in [1.165, 1.54) is 212 Å². The maximum absolute atomic E-state index is 13.1. The van der Waals surface area contributed by atoms with E-state index in [4.69, 9.17) is 37.0 Å². The van der Waals surface area contributed by atoms with E-state index in [2.05, 4.69) is 27.7 Å². The number of phosphoric ester groups is 2. The monoisotopic (exact) mass is 1370 g/mol. The second kappa shape index (κ2) is 68.6. The Bertz CT molecular complexity index is 1770. The van der Waals surface area contributed by atoms with Gasteiger partial charge in [0.25, 0.3) is 0 Å². The zero-order valence-corrected chi connectivity index (χ0v) is 62.0. The van der Waals surface area contributed by atoms with Gasteiger partial charge >= 0.3 is 39.5 Å². The molecule has 5 atom stereocenters. The summed E-state index contributed by atoms with van der Waals surface area (Å²) in [5, 5.41) is 10.6. The molecule has 0 amide bonds. The lowest BCUT2D eigenvalue weighted by atomic mass is 10.0. The van der Waals surface area contributed by atoms with Crippen LogP contribution in [-0.2, 0) is 65.4 Å². The van der Waals surface area contributed by atoms with E-state index in [9.17, 15) is 43.2 Å². The molecule has 19 heteroatoms. The van der Waals surface area contributed by atoms with Gasteiger partial charge < -0.3 is 33.8 Å². The summed E-state index contributed by atoms with van der Waals surface area (Å²) in [6.07, 6.45) is 58.4. The molecule has 93 heavy (non-hydrogen) atoms. The van der Waals surface area contributed by atoms with E-state index in [0.717, 1.165) is 103 Å². The van der Waals surface area contributed by atoms with Crippen LogP contribution in [0, 0.1) is 0 Å². The normalized spacial score (nSPS) is 13.9. The number of unbranched alkanes of at least 4 members (excludes halogenated alkanes) is 49. The summed E-state index contributed by atoms with van der Waals surface area (Å²) in [5.41, 5.74) is 0. The summed E-state index contributed by atoms with van der Waals surface area (Å²) in [4.78, 5) is 72.6. The first kappa shape index (κ1) is 91.1. The average Bonchev–Trinajstić information content (AvgIpc) is 3.01. The lowest BCUT2D eigenvalue weighted by Crippen LogP contribution is -2.30. The molecule has 3 N–H and O–H groups in total. The van der Waals surface area contributed by atoms with Crippen LogP contribution in [0.15, 0.2) is 0 Å². The van der Waals surface area contributed by atoms with Crippen LogP contribution in [0.3, 0.4) is 0 Å². The van der Waals surface area contributed by atoms with Crippen molar-refractivity contribution in [2.75, 3.05) is 39.6 Å². The number of esters is 4. The molecule has 0 rings (SSSR count). The van der Waals surface area contributed by atoms with Crippen LogP contribution in [-0.4, -0.2) is 96.7 Å². The van der Waals surface area contributed by atoms with E-state index in [-0.39, 0.29) is 25.7 Å². The van der Waals surface area contributed by atoms with Gasteiger partial charge in [0.2, 0.25) is 0 Å². The summed E-state index contributed by atoms with van der Waals surface area (Å²) < 4.78 is 68.3. The van der Waals surface area contributed by atoms with Crippen LogP contribution in [0.4, 0.5) is 0 Å². The van der Waals surface area contributed by atoms with Crippen molar-refractivity contribution in [1.82, 2.24) is 0 Å². The third-order valence-electron chi connectivity index (χ3n) is 17.4. The Kier molecular flexibility index (Phi) is 67.1. The molecule has 552 valence electrons. The van der Waals surface area contributed by atoms with Crippen molar-refractivity contribution in [2.24, 2.45) is 0 Å². The summed E-state index contributed by atoms with van der Waals surface area (Å²) in [5.74, 6) is -2.12. The van der Waals surface area contributed by atoms with Gasteiger partial charge in [0.1, 0.15) is 19.3 Å². The predicted molar refractivity (Wildman–Crippen MR) is 377 cm³/mol. The lowest BCUT2D eigenvalue weighted by Gasteiger charge is -2.21. The molecule has 0 aliphatic carbocycles. The maximum Gasteiger partial charge on any atom is 0.472 e. The highest BCUT2D eigenvalue weighted by Crippen LogP contribution is 2.45. The van der Waals surface area contributed by atoms with Crippen molar-refractivity contribution in [3.63, 3.8) is 0 Å². The fraction of sp³-hybridized carbons (Fsp3) is 0.946. The van der Waals surface area contributed by atoms with Crippen molar-refractivity contribution < 1.29 is 80.2 Å². The standard InChI is InChI=1S/C74H144O17P2/c1-5-9-13-17-21-24-27-30-32-33-34-35-37-39-42-45-49-53-57-61-74(79)91-70(65-85-72(77)59-55-51-47-43-41-38-36-31-28-25-22-18-14-10-6-2)67-89-93(82,83)87-63-68(75)62-86-92(80,81)88-66-69(64-84-71(76)58-54-50-46-20-16-12-8-4)90-73(78)60-56-52-48-44-40-29-26-23-19-15-11-7-3/h68-70,75H,5-67H2,1-4H3,(H,80,81)(H,82,83)/t68-,69+,70+/m0/s1. The minimum absolute atomic E-state index is 0.107. The number of rotatable bonds is 75. The predicted octanol–water partition coefficient (Wildman–Crippen LogP) is 21.8. The molecule has 0 aromatic rings. The van der Waals surface area contributed by atoms with Crippen LogP contribution in [0.5, 0.6) is 0 Å². The summed E-state index contributed by atoms with van der Waals surface area (Å²) in [6, 6.07) is 0. The highest BCUT2D eigenvalue weighted by Gasteiger charge is 2.30. The van der Waals surface area contributed by atoms with E-state index in [0.29, 0.717) is 25.7 Å². The van der Waals surface area contributed by atoms with Gasteiger partial charge in [-0.25, -0.2) is 9.13 Å². The quantitative estimate of drug-likeness (QED) is 0.0222. The minimum atomic E-state index is -4.95. The van der Waals surface area contributed by atoms with Gasteiger partial charge in [0.15, 0.2) is 12.2 Å². The molecule has 0 radical (unpaired) electrons. The van der Waals surface area contributed by atoms with Crippen molar-refractivity contribution in [3.05, 3.63) is 0 Å². The largest absolute Gasteiger partial charge is 0.472 e. The minimum Gasteiger partial charge on any atom is -0.462 e. The molecule has 0 fully saturated rings. The van der Waals surface area contributed by atoms with E-state index >= 15 is 0 Å². The first-order valence-electron chi connectivity index (χ1n) is 38.8. The molecule has 0 bridgehead atoms. The first-order chi connectivity index (χ1) is 45.2. The Hall–Kier alpha value is -1.94. The van der Waals surface area contributed by atoms with Crippen molar-refractivity contribution in [2.45, 2.75) is 412 Å². The van der Waals surface area contributed by atoms with Gasteiger partial charge in [-0.2, -0.15) is 0 Å². The molecule has 0 aliphatic heterocycles. The Morgan fingerprint density at radius 2 is 0.430 bits per heavy atom. The number of hydrogen-bond acceptors (Lipinski definition) is 15. The molecule has 0 spiro atoms. The van der Waals surface area contributed by atoms with Crippen LogP contribution in [0.1, 0.15) is 394 Å².